The van der Waals surface area contributed by atoms with Crippen LogP contribution < -0.4 is 5.73 Å². The molecule has 3 nitrogen and oxygen atoms in total. The van der Waals surface area contributed by atoms with Crippen molar-refractivity contribution in [3.8, 4) is 11.1 Å². The number of carbonyl (C=O) groups is 1. The molecule has 0 aliphatic rings. The van der Waals surface area contributed by atoms with Gasteiger partial charge in [0.15, 0.2) is 0 Å². The third-order valence-electron chi connectivity index (χ3n) is 2.54. The summed E-state index contributed by atoms with van der Waals surface area (Å²) in [6.45, 7) is 0. The summed E-state index contributed by atoms with van der Waals surface area (Å²) in [4.78, 5) is 11.1. The van der Waals surface area contributed by atoms with Crippen LogP contribution in [0.15, 0.2) is 36.4 Å². The molecule has 0 bridgehead atoms. The van der Waals surface area contributed by atoms with Crippen molar-refractivity contribution < 1.29 is 9.90 Å². The zero-order chi connectivity index (χ0) is 13.3. The van der Waals surface area contributed by atoms with Crippen molar-refractivity contribution in [1.29, 1.82) is 0 Å². The Morgan fingerprint density at radius 2 is 1.78 bits per heavy atom. The maximum Gasteiger partial charge on any atom is 0.337 e. The molecule has 18 heavy (non-hydrogen) atoms. The first-order chi connectivity index (χ1) is 8.50. The molecule has 0 fully saturated rings. The second-order valence-corrected chi connectivity index (χ2v) is 4.54. The predicted molar refractivity (Wildman–Crippen MR) is 73.3 cm³/mol. The van der Waals surface area contributed by atoms with E-state index in [9.17, 15) is 4.79 Å². The predicted octanol–water partition coefficient (Wildman–Crippen LogP) is 3.94. The minimum absolute atomic E-state index is 0.0302. The Balaban J connectivity index is 2.73. The second-order valence-electron chi connectivity index (χ2n) is 3.70. The molecule has 2 aromatic rings. The number of carboxylic acids is 1. The van der Waals surface area contributed by atoms with Crippen molar-refractivity contribution in [2.24, 2.45) is 0 Å². The van der Waals surface area contributed by atoms with Gasteiger partial charge in [-0.3, -0.25) is 0 Å². The summed E-state index contributed by atoms with van der Waals surface area (Å²) in [5.41, 5.74) is 7.15. The highest BCUT2D eigenvalue weighted by molar-refractivity contribution is 6.34. The molecular weight excluding hydrogens is 273 g/mol. The molecule has 0 saturated heterocycles. The Morgan fingerprint density at radius 3 is 2.39 bits per heavy atom. The molecular formula is C13H9Cl2NO2. The van der Waals surface area contributed by atoms with Crippen molar-refractivity contribution in [3.05, 3.63) is 52.0 Å². The van der Waals surface area contributed by atoms with Gasteiger partial charge in [0.05, 0.1) is 11.3 Å². The van der Waals surface area contributed by atoms with Crippen LogP contribution in [0.1, 0.15) is 10.4 Å². The Hall–Kier alpha value is -1.71. The Labute approximate surface area is 114 Å². The summed E-state index contributed by atoms with van der Waals surface area (Å²) in [7, 11) is 0. The van der Waals surface area contributed by atoms with Crippen molar-refractivity contribution >= 4 is 34.9 Å². The number of anilines is 1. The fraction of sp³-hybridized carbons (Fsp3) is 0. The normalized spacial score (nSPS) is 10.3. The number of carboxylic acid groups (broad SMARTS) is 1. The lowest BCUT2D eigenvalue weighted by Crippen LogP contribution is -2.04. The van der Waals surface area contributed by atoms with Crippen LogP contribution in [0, 0.1) is 0 Å². The van der Waals surface area contributed by atoms with Crippen molar-refractivity contribution in [2.45, 2.75) is 0 Å². The molecule has 5 heteroatoms. The highest BCUT2D eigenvalue weighted by Gasteiger charge is 2.15. The smallest absolute Gasteiger partial charge is 0.337 e. The Morgan fingerprint density at radius 1 is 1.11 bits per heavy atom. The van der Waals surface area contributed by atoms with Gasteiger partial charge in [-0.25, -0.2) is 4.79 Å². The van der Waals surface area contributed by atoms with Crippen molar-refractivity contribution in [1.82, 2.24) is 0 Å². The highest BCUT2D eigenvalue weighted by Crippen LogP contribution is 2.35. The monoisotopic (exact) mass is 281 g/mol. The van der Waals surface area contributed by atoms with Gasteiger partial charge in [0.2, 0.25) is 0 Å². The van der Waals surface area contributed by atoms with Gasteiger partial charge < -0.3 is 10.8 Å². The first-order valence-corrected chi connectivity index (χ1v) is 5.83. The molecule has 0 aliphatic carbocycles. The fourth-order valence-corrected chi connectivity index (χ4v) is 2.15. The van der Waals surface area contributed by atoms with Crippen LogP contribution in [-0.4, -0.2) is 11.1 Å². The number of nitrogen functional groups attached to an aromatic ring is 1. The van der Waals surface area contributed by atoms with Crippen LogP contribution in [0.25, 0.3) is 11.1 Å². The number of halogens is 2. The van der Waals surface area contributed by atoms with E-state index < -0.39 is 5.97 Å². The first-order valence-electron chi connectivity index (χ1n) is 5.08. The van der Waals surface area contributed by atoms with Gasteiger partial charge in [-0.15, -0.1) is 0 Å². The van der Waals surface area contributed by atoms with E-state index in [1.165, 1.54) is 6.07 Å². The van der Waals surface area contributed by atoms with E-state index >= 15 is 0 Å². The molecule has 0 atom stereocenters. The molecule has 0 amide bonds. The van der Waals surface area contributed by atoms with Gasteiger partial charge in [-0.1, -0.05) is 41.4 Å². The highest BCUT2D eigenvalue weighted by atomic mass is 35.5. The fourth-order valence-electron chi connectivity index (χ4n) is 1.70. The molecule has 0 heterocycles. The quantitative estimate of drug-likeness (QED) is 0.820. The van der Waals surface area contributed by atoms with E-state index in [1.807, 2.05) is 0 Å². The maximum atomic E-state index is 11.1. The summed E-state index contributed by atoms with van der Waals surface area (Å²) in [5, 5.41) is 9.85. The van der Waals surface area contributed by atoms with E-state index in [2.05, 4.69) is 0 Å². The van der Waals surface area contributed by atoms with Crippen LogP contribution in [0.4, 0.5) is 5.69 Å². The third kappa shape index (κ3) is 2.28. The minimum atomic E-state index is -1.12. The lowest BCUT2D eigenvalue weighted by molar-refractivity contribution is 0.0698. The zero-order valence-electron chi connectivity index (χ0n) is 9.15. The van der Waals surface area contributed by atoms with Crippen molar-refractivity contribution in [3.63, 3.8) is 0 Å². The average molecular weight is 282 g/mol. The summed E-state index contributed by atoms with van der Waals surface area (Å²) < 4.78 is 0. The summed E-state index contributed by atoms with van der Waals surface area (Å²) in [5.74, 6) is -1.12. The molecule has 2 rings (SSSR count). The maximum absolute atomic E-state index is 11.1. The van der Waals surface area contributed by atoms with E-state index in [4.69, 9.17) is 34.0 Å². The lowest BCUT2D eigenvalue weighted by Gasteiger charge is -2.11. The topological polar surface area (TPSA) is 63.3 Å². The van der Waals surface area contributed by atoms with Gasteiger partial charge >= 0.3 is 5.97 Å². The zero-order valence-corrected chi connectivity index (χ0v) is 10.7. The van der Waals surface area contributed by atoms with Gasteiger partial charge in [-0.2, -0.15) is 0 Å². The van der Waals surface area contributed by atoms with Crippen LogP contribution in [-0.2, 0) is 0 Å². The van der Waals surface area contributed by atoms with Crippen LogP contribution in [0.2, 0.25) is 10.0 Å². The second kappa shape index (κ2) is 4.88. The largest absolute Gasteiger partial charge is 0.478 e. The summed E-state index contributed by atoms with van der Waals surface area (Å²) >= 11 is 12.0. The van der Waals surface area contributed by atoms with Crippen LogP contribution in [0.5, 0.6) is 0 Å². The Kier molecular flexibility index (Phi) is 3.45. The summed E-state index contributed by atoms with van der Waals surface area (Å²) in [6.07, 6.45) is 0. The van der Waals surface area contributed by atoms with Gasteiger partial charge in [0.25, 0.3) is 0 Å². The minimum Gasteiger partial charge on any atom is -0.478 e. The summed E-state index contributed by atoms with van der Waals surface area (Å²) in [6, 6.07) is 9.96. The number of aromatic carboxylic acids is 1. The van der Waals surface area contributed by atoms with Gasteiger partial charge in [0.1, 0.15) is 0 Å². The number of hydrogen-bond donors (Lipinski definition) is 2. The van der Waals surface area contributed by atoms with Crippen LogP contribution >= 0.6 is 23.2 Å². The Bertz CT molecular complexity index is 626. The number of hydrogen-bond acceptors (Lipinski definition) is 2. The molecule has 0 saturated carbocycles. The van der Waals surface area contributed by atoms with E-state index in [0.29, 0.717) is 21.2 Å². The van der Waals surface area contributed by atoms with Gasteiger partial charge in [0, 0.05) is 21.2 Å². The number of rotatable bonds is 2. The third-order valence-corrected chi connectivity index (χ3v) is 3.09. The molecule has 0 radical (unpaired) electrons. The van der Waals surface area contributed by atoms with E-state index in [1.54, 1.807) is 30.3 Å². The molecule has 0 unspecified atom stereocenters. The molecule has 0 aromatic heterocycles. The first kappa shape index (κ1) is 12.7. The standard InChI is InChI=1S/C13H9Cl2NO2/c14-7-5-9(8-3-1-2-4-11(8)15)12(16)10(6-7)13(17)18/h1-6H,16H2,(H,17,18). The molecule has 3 N–H and O–H groups in total. The number of benzene rings is 2. The van der Waals surface area contributed by atoms with Crippen molar-refractivity contribution in [2.75, 3.05) is 5.73 Å². The van der Waals surface area contributed by atoms with Crippen LogP contribution in [0.3, 0.4) is 0 Å². The molecule has 0 spiro atoms. The molecule has 92 valence electrons. The number of nitrogens with two attached hydrogens (primary N) is 1. The SMILES string of the molecule is Nc1c(C(=O)O)cc(Cl)cc1-c1ccccc1Cl. The average Bonchev–Trinajstić information content (AvgIpc) is 2.32. The van der Waals surface area contributed by atoms with E-state index in [-0.39, 0.29) is 11.3 Å². The lowest BCUT2D eigenvalue weighted by atomic mass is 10.0. The van der Waals surface area contributed by atoms with Gasteiger partial charge in [-0.05, 0) is 18.2 Å². The molecule has 0 aliphatic heterocycles. The van der Waals surface area contributed by atoms with E-state index in [0.717, 1.165) is 0 Å². The molecule has 2 aromatic carbocycles.